The molecule has 0 bridgehead atoms. The third-order valence-electron chi connectivity index (χ3n) is 3.05. The highest BCUT2D eigenvalue weighted by molar-refractivity contribution is 5.96. The van der Waals surface area contributed by atoms with Gasteiger partial charge in [0, 0.05) is 39.3 Å². The molecule has 1 N–H and O–H groups in total. The van der Waals surface area contributed by atoms with Gasteiger partial charge >= 0.3 is 0 Å². The first kappa shape index (κ1) is 14.9. The lowest BCUT2D eigenvalue weighted by Crippen LogP contribution is -2.48. The highest BCUT2D eigenvalue weighted by atomic mass is 16.2. The summed E-state index contributed by atoms with van der Waals surface area (Å²) in [5.41, 5.74) is 0. The van der Waals surface area contributed by atoms with E-state index in [4.69, 9.17) is 0 Å². The van der Waals surface area contributed by atoms with Crippen LogP contribution in [0.2, 0.25) is 0 Å². The maximum absolute atomic E-state index is 11.8. The van der Waals surface area contributed by atoms with Crippen molar-refractivity contribution in [1.82, 2.24) is 20.0 Å². The summed E-state index contributed by atoms with van der Waals surface area (Å²) in [7, 11) is 5.93. The first-order valence-electron chi connectivity index (χ1n) is 6.37. The molecule has 104 valence electrons. The van der Waals surface area contributed by atoms with E-state index in [1.807, 2.05) is 26.0 Å². The number of nitrogens with one attached hydrogen (secondary N) is 1. The molecule has 0 aromatic rings. The third kappa shape index (κ3) is 5.46. The molecule has 1 aliphatic rings. The topological polar surface area (TPSA) is 55.9 Å². The van der Waals surface area contributed by atoms with Gasteiger partial charge in [0.25, 0.3) is 0 Å². The van der Waals surface area contributed by atoms with Crippen molar-refractivity contribution >= 4 is 11.8 Å². The number of likely N-dealkylation sites (N-methyl/N-ethyl adjacent to an activating group) is 2. The molecule has 1 saturated heterocycles. The third-order valence-corrected chi connectivity index (χ3v) is 3.05. The SMILES string of the molecule is CN(C)CCNC(=O)CC(=O)N1CCN(C)CC1. The fraction of sp³-hybridized carbons (Fsp3) is 0.833. The molecule has 0 aromatic carbocycles. The fourth-order valence-corrected chi connectivity index (χ4v) is 1.79. The van der Waals surface area contributed by atoms with Crippen LogP contribution < -0.4 is 5.32 Å². The van der Waals surface area contributed by atoms with Crippen molar-refractivity contribution in [2.45, 2.75) is 6.42 Å². The van der Waals surface area contributed by atoms with Crippen molar-refractivity contribution in [2.24, 2.45) is 0 Å². The molecule has 0 unspecified atom stereocenters. The zero-order valence-electron chi connectivity index (χ0n) is 11.6. The van der Waals surface area contributed by atoms with Crippen LogP contribution >= 0.6 is 0 Å². The average Bonchev–Trinajstić information content (AvgIpc) is 2.29. The number of nitrogens with zero attached hydrogens (tertiary/aromatic N) is 3. The van der Waals surface area contributed by atoms with Crippen molar-refractivity contribution in [1.29, 1.82) is 0 Å². The normalized spacial score (nSPS) is 17.0. The molecule has 0 spiro atoms. The molecule has 6 heteroatoms. The Morgan fingerprint density at radius 2 is 1.78 bits per heavy atom. The van der Waals surface area contributed by atoms with Gasteiger partial charge in [-0.1, -0.05) is 0 Å². The van der Waals surface area contributed by atoms with Gasteiger partial charge in [-0.3, -0.25) is 9.59 Å². The summed E-state index contributed by atoms with van der Waals surface area (Å²) in [4.78, 5) is 29.3. The largest absolute Gasteiger partial charge is 0.354 e. The minimum Gasteiger partial charge on any atom is -0.354 e. The minimum absolute atomic E-state index is 0.0306. The Kier molecular flexibility index (Phi) is 6.07. The van der Waals surface area contributed by atoms with Crippen LogP contribution in [0.15, 0.2) is 0 Å². The number of hydrogen-bond acceptors (Lipinski definition) is 4. The molecule has 1 aliphatic heterocycles. The average molecular weight is 256 g/mol. The van der Waals surface area contributed by atoms with E-state index >= 15 is 0 Å². The predicted molar refractivity (Wildman–Crippen MR) is 70.3 cm³/mol. The zero-order chi connectivity index (χ0) is 13.5. The maximum Gasteiger partial charge on any atom is 0.232 e. The molecular formula is C12H24N4O2. The highest BCUT2D eigenvalue weighted by Gasteiger charge is 2.20. The van der Waals surface area contributed by atoms with Crippen LogP contribution in [0, 0.1) is 0 Å². The summed E-state index contributed by atoms with van der Waals surface area (Å²) in [6.07, 6.45) is -0.0306. The zero-order valence-corrected chi connectivity index (χ0v) is 11.6. The second-order valence-electron chi connectivity index (χ2n) is 5.01. The summed E-state index contributed by atoms with van der Waals surface area (Å²) < 4.78 is 0. The van der Waals surface area contributed by atoms with Crippen LogP contribution in [0.3, 0.4) is 0 Å². The van der Waals surface area contributed by atoms with Gasteiger partial charge in [0.1, 0.15) is 6.42 Å². The van der Waals surface area contributed by atoms with Gasteiger partial charge in [-0.25, -0.2) is 0 Å². The van der Waals surface area contributed by atoms with E-state index < -0.39 is 0 Å². The molecule has 6 nitrogen and oxygen atoms in total. The van der Waals surface area contributed by atoms with E-state index in [1.165, 1.54) is 0 Å². The fourth-order valence-electron chi connectivity index (χ4n) is 1.79. The van der Waals surface area contributed by atoms with E-state index in [2.05, 4.69) is 10.2 Å². The Labute approximate surface area is 109 Å². The lowest BCUT2D eigenvalue weighted by Gasteiger charge is -2.32. The van der Waals surface area contributed by atoms with E-state index in [9.17, 15) is 9.59 Å². The van der Waals surface area contributed by atoms with Crippen molar-refractivity contribution in [3.05, 3.63) is 0 Å². The molecule has 1 fully saturated rings. The number of carbonyl (C=O) groups is 2. The van der Waals surface area contributed by atoms with Crippen LogP contribution in [-0.2, 0) is 9.59 Å². The first-order chi connectivity index (χ1) is 8.49. The van der Waals surface area contributed by atoms with Gasteiger partial charge in [-0.2, -0.15) is 0 Å². The minimum atomic E-state index is -0.180. The van der Waals surface area contributed by atoms with Gasteiger partial charge in [0.2, 0.25) is 11.8 Å². The van der Waals surface area contributed by atoms with E-state index in [1.54, 1.807) is 4.90 Å². The van der Waals surface area contributed by atoms with Crippen LogP contribution in [0.25, 0.3) is 0 Å². The number of rotatable bonds is 5. The maximum atomic E-state index is 11.8. The molecule has 1 rings (SSSR count). The molecule has 0 aromatic heterocycles. The highest BCUT2D eigenvalue weighted by Crippen LogP contribution is 2.01. The summed E-state index contributed by atoms with van der Waals surface area (Å²) in [5.74, 6) is -0.244. The van der Waals surface area contributed by atoms with Crippen LogP contribution in [-0.4, -0.2) is 86.9 Å². The molecular weight excluding hydrogens is 232 g/mol. The number of amides is 2. The second-order valence-corrected chi connectivity index (χ2v) is 5.01. The molecule has 0 saturated carbocycles. The summed E-state index contributed by atoms with van der Waals surface area (Å²) >= 11 is 0. The van der Waals surface area contributed by atoms with Crippen molar-refractivity contribution in [2.75, 3.05) is 60.4 Å². The Morgan fingerprint density at radius 1 is 1.17 bits per heavy atom. The molecule has 18 heavy (non-hydrogen) atoms. The molecule has 1 heterocycles. The van der Waals surface area contributed by atoms with Gasteiger partial charge in [0.15, 0.2) is 0 Å². The quantitative estimate of drug-likeness (QED) is 0.630. The number of piperazine rings is 1. The van der Waals surface area contributed by atoms with E-state index in [0.29, 0.717) is 6.54 Å². The predicted octanol–water partition coefficient (Wildman–Crippen LogP) is -1.17. The standard InChI is InChI=1S/C12H24N4O2/c1-14(2)5-4-13-11(17)10-12(18)16-8-6-15(3)7-9-16/h4-10H2,1-3H3,(H,13,17). The van der Waals surface area contributed by atoms with Crippen molar-refractivity contribution in [3.63, 3.8) is 0 Å². The van der Waals surface area contributed by atoms with Crippen LogP contribution in [0.4, 0.5) is 0 Å². The van der Waals surface area contributed by atoms with E-state index in [-0.39, 0.29) is 18.2 Å². The Hall–Kier alpha value is -1.14. The lowest BCUT2D eigenvalue weighted by molar-refractivity contribution is -0.137. The van der Waals surface area contributed by atoms with E-state index in [0.717, 1.165) is 32.7 Å². The lowest BCUT2D eigenvalue weighted by atomic mass is 10.3. The van der Waals surface area contributed by atoms with Crippen LogP contribution in [0.5, 0.6) is 0 Å². The van der Waals surface area contributed by atoms with Crippen LogP contribution in [0.1, 0.15) is 6.42 Å². The van der Waals surface area contributed by atoms with Gasteiger partial charge in [-0.15, -0.1) is 0 Å². The second kappa shape index (κ2) is 7.33. The Balaban J connectivity index is 2.21. The smallest absolute Gasteiger partial charge is 0.232 e. The van der Waals surface area contributed by atoms with Crippen molar-refractivity contribution < 1.29 is 9.59 Å². The number of hydrogen-bond donors (Lipinski definition) is 1. The van der Waals surface area contributed by atoms with Gasteiger partial charge in [-0.05, 0) is 21.1 Å². The summed E-state index contributed by atoms with van der Waals surface area (Å²) in [6, 6.07) is 0. The number of carbonyl (C=O) groups excluding carboxylic acids is 2. The monoisotopic (exact) mass is 256 g/mol. The molecule has 2 amide bonds. The van der Waals surface area contributed by atoms with Crippen molar-refractivity contribution in [3.8, 4) is 0 Å². The van der Waals surface area contributed by atoms with Gasteiger partial charge in [0.05, 0.1) is 0 Å². The summed E-state index contributed by atoms with van der Waals surface area (Å²) in [5, 5.41) is 2.75. The summed E-state index contributed by atoms with van der Waals surface area (Å²) in [6.45, 7) is 4.58. The van der Waals surface area contributed by atoms with Gasteiger partial charge < -0.3 is 20.0 Å². The molecule has 0 atom stereocenters. The Bertz CT molecular complexity index is 286. The Morgan fingerprint density at radius 3 is 2.33 bits per heavy atom. The molecule has 0 radical (unpaired) electrons. The molecule has 0 aliphatic carbocycles. The first-order valence-corrected chi connectivity index (χ1v) is 6.37.